The Morgan fingerprint density at radius 1 is 1.29 bits per heavy atom. The van der Waals surface area contributed by atoms with E-state index in [9.17, 15) is 0 Å². The minimum Gasteiger partial charge on any atom is -0.395 e. The number of benzene rings is 1. The van der Waals surface area contributed by atoms with Crippen molar-refractivity contribution in [2.75, 3.05) is 6.61 Å². The number of rotatable bonds is 4. The Morgan fingerprint density at radius 3 is 2.43 bits per heavy atom. The molecule has 76 valence electrons. The van der Waals surface area contributed by atoms with Crippen molar-refractivity contribution in [1.82, 2.24) is 0 Å². The van der Waals surface area contributed by atoms with E-state index in [1.54, 1.807) is 0 Å². The third kappa shape index (κ3) is 2.34. The lowest BCUT2D eigenvalue weighted by molar-refractivity contribution is 0.265. The zero-order valence-electron chi connectivity index (χ0n) is 8.32. The molecule has 1 saturated carbocycles. The number of hydrogen-bond acceptors (Lipinski definition) is 2. The van der Waals surface area contributed by atoms with Crippen molar-refractivity contribution in [2.45, 2.75) is 31.2 Å². The van der Waals surface area contributed by atoms with Gasteiger partial charge in [-0.3, -0.25) is 0 Å². The van der Waals surface area contributed by atoms with E-state index in [1.165, 1.54) is 24.0 Å². The molecule has 2 heteroatoms. The summed E-state index contributed by atoms with van der Waals surface area (Å²) in [7, 11) is 0. The lowest BCUT2D eigenvalue weighted by atomic mass is 10.0. The molecule has 1 unspecified atom stereocenters. The van der Waals surface area contributed by atoms with Crippen LogP contribution in [0.1, 0.15) is 29.9 Å². The molecular weight excluding hydrogens is 174 g/mol. The number of nitrogens with two attached hydrogens (primary N) is 1. The van der Waals surface area contributed by atoms with Crippen LogP contribution in [0.25, 0.3) is 0 Å². The van der Waals surface area contributed by atoms with Gasteiger partial charge in [0.2, 0.25) is 0 Å². The van der Waals surface area contributed by atoms with Crippen LogP contribution in [0.4, 0.5) is 0 Å². The maximum Gasteiger partial charge on any atom is 0.0585 e. The highest BCUT2D eigenvalue weighted by molar-refractivity contribution is 5.28. The number of hydrogen-bond donors (Lipinski definition) is 2. The summed E-state index contributed by atoms with van der Waals surface area (Å²) >= 11 is 0. The molecule has 0 aromatic heterocycles. The van der Waals surface area contributed by atoms with Crippen molar-refractivity contribution in [3.8, 4) is 0 Å². The molecule has 0 bridgehead atoms. The highest BCUT2D eigenvalue weighted by Crippen LogP contribution is 2.39. The zero-order chi connectivity index (χ0) is 9.97. The summed E-state index contributed by atoms with van der Waals surface area (Å²) in [5.41, 5.74) is 8.33. The van der Waals surface area contributed by atoms with E-state index in [4.69, 9.17) is 10.8 Å². The minimum atomic E-state index is -0.123. The Hall–Kier alpha value is -0.860. The highest BCUT2D eigenvalue weighted by atomic mass is 16.3. The van der Waals surface area contributed by atoms with Crippen molar-refractivity contribution >= 4 is 0 Å². The molecule has 1 fully saturated rings. The Kier molecular flexibility index (Phi) is 2.85. The molecule has 0 amide bonds. The first-order valence-corrected chi connectivity index (χ1v) is 5.25. The first kappa shape index (κ1) is 9.69. The third-order valence-corrected chi connectivity index (χ3v) is 2.76. The molecule has 1 aromatic carbocycles. The third-order valence-electron chi connectivity index (χ3n) is 2.76. The largest absolute Gasteiger partial charge is 0.395 e. The van der Waals surface area contributed by atoms with E-state index in [0.29, 0.717) is 0 Å². The molecule has 0 spiro atoms. The van der Waals surface area contributed by atoms with Crippen LogP contribution in [0, 0.1) is 0 Å². The van der Waals surface area contributed by atoms with Gasteiger partial charge in [-0.1, -0.05) is 24.3 Å². The molecule has 2 rings (SSSR count). The molecule has 0 aliphatic heterocycles. The first-order chi connectivity index (χ1) is 6.79. The van der Waals surface area contributed by atoms with E-state index in [0.717, 1.165) is 12.3 Å². The minimum absolute atomic E-state index is 0.0599. The van der Waals surface area contributed by atoms with E-state index >= 15 is 0 Å². The average Bonchev–Trinajstić information content (AvgIpc) is 3.02. The van der Waals surface area contributed by atoms with Crippen LogP contribution in [-0.4, -0.2) is 17.8 Å². The second kappa shape index (κ2) is 4.11. The average molecular weight is 191 g/mol. The van der Waals surface area contributed by atoms with Gasteiger partial charge in [-0.2, -0.15) is 0 Å². The number of aliphatic hydroxyl groups is 1. The van der Waals surface area contributed by atoms with Crippen LogP contribution in [0.15, 0.2) is 24.3 Å². The molecule has 3 N–H and O–H groups in total. The van der Waals surface area contributed by atoms with Crippen LogP contribution in [-0.2, 0) is 6.42 Å². The fraction of sp³-hybridized carbons (Fsp3) is 0.500. The smallest absolute Gasteiger partial charge is 0.0585 e. The Morgan fingerprint density at radius 2 is 1.93 bits per heavy atom. The predicted octanol–water partition coefficient (Wildman–Crippen LogP) is 1.43. The molecular formula is C12H17NO. The normalized spacial score (nSPS) is 18.1. The topological polar surface area (TPSA) is 46.2 Å². The van der Waals surface area contributed by atoms with Crippen LogP contribution < -0.4 is 5.73 Å². The quantitative estimate of drug-likeness (QED) is 0.756. The van der Waals surface area contributed by atoms with Crippen molar-refractivity contribution in [3.63, 3.8) is 0 Å². The van der Waals surface area contributed by atoms with Crippen molar-refractivity contribution in [2.24, 2.45) is 5.73 Å². The lowest BCUT2D eigenvalue weighted by Crippen LogP contribution is -2.26. The van der Waals surface area contributed by atoms with E-state index in [2.05, 4.69) is 24.3 Å². The zero-order valence-corrected chi connectivity index (χ0v) is 8.32. The second-order valence-corrected chi connectivity index (χ2v) is 4.16. The lowest BCUT2D eigenvalue weighted by Gasteiger charge is -2.08. The van der Waals surface area contributed by atoms with Gasteiger partial charge >= 0.3 is 0 Å². The van der Waals surface area contributed by atoms with Gasteiger partial charge in [0, 0.05) is 6.04 Å². The van der Waals surface area contributed by atoms with Gasteiger partial charge in [0.15, 0.2) is 0 Å². The van der Waals surface area contributed by atoms with Crippen molar-refractivity contribution < 1.29 is 5.11 Å². The molecule has 1 aliphatic rings. The number of aliphatic hydroxyl groups excluding tert-OH is 1. The SMILES string of the molecule is NC(CO)Cc1ccc(C2CC2)cc1. The molecule has 2 nitrogen and oxygen atoms in total. The van der Waals surface area contributed by atoms with Gasteiger partial charge in [-0.25, -0.2) is 0 Å². The van der Waals surface area contributed by atoms with Crippen molar-refractivity contribution in [1.29, 1.82) is 0 Å². The van der Waals surface area contributed by atoms with Crippen LogP contribution in [0.3, 0.4) is 0 Å². The second-order valence-electron chi connectivity index (χ2n) is 4.16. The summed E-state index contributed by atoms with van der Waals surface area (Å²) in [6.07, 6.45) is 3.45. The van der Waals surface area contributed by atoms with Gasteiger partial charge < -0.3 is 10.8 Å². The molecule has 0 saturated heterocycles. The highest BCUT2D eigenvalue weighted by Gasteiger charge is 2.22. The molecule has 14 heavy (non-hydrogen) atoms. The predicted molar refractivity (Wildman–Crippen MR) is 57.2 cm³/mol. The maximum atomic E-state index is 8.82. The molecule has 1 aromatic rings. The summed E-state index contributed by atoms with van der Waals surface area (Å²) in [6, 6.07) is 8.52. The molecule has 1 aliphatic carbocycles. The van der Waals surface area contributed by atoms with Gasteiger partial charge in [-0.05, 0) is 36.3 Å². The first-order valence-electron chi connectivity index (χ1n) is 5.25. The Bertz CT molecular complexity index is 290. The van der Waals surface area contributed by atoms with Crippen LogP contribution in [0.5, 0.6) is 0 Å². The van der Waals surface area contributed by atoms with Gasteiger partial charge in [0.1, 0.15) is 0 Å². The summed E-state index contributed by atoms with van der Waals surface area (Å²) < 4.78 is 0. The van der Waals surface area contributed by atoms with Gasteiger partial charge in [-0.15, -0.1) is 0 Å². The van der Waals surface area contributed by atoms with E-state index < -0.39 is 0 Å². The fourth-order valence-corrected chi connectivity index (χ4v) is 1.71. The monoisotopic (exact) mass is 191 g/mol. The van der Waals surface area contributed by atoms with Gasteiger partial charge in [0.25, 0.3) is 0 Å². The molecule has 0 heterocycles. The van der Waals surface area contributed by atoms with Crippen LogP contribution >= 0.6 is 0 Å². The summed E-state index contributed by atoms with van der Waals surface area (Å²) in [5.74, 6) is 0.815. The Labute approximate surface area is 84.7 Å². The summed E-state index contributed by atoms with van der Waals surface area (Å²) in [4.78, 5) is 0. The van der Waals surface area contributed by atoms with E-state index in [-0.39, 0.29) is 12.6 Å². The molecule has 0 radical (unpaired) electrons. The Balaban J connectivity index is 1.98. The summed E-state index contributed by atoms with van der Waals surface area (Å²) in [6.45, 7) is 0.0599. The van der Waals surface area contributed by atoms with E-state index in [1.807, 2.05) is 0 Å². The fourth-order valence-electron chi connectivity index (χ4n) is 1.71. The maximum absolute atomic E-state index is 8.82. The standard InChI is InChI=1S/C12H17NO/c13-12(8-14)7-9-1-3-10(4-2-9)11-5-6-11/h1-4,11-12,14H,5-8,13H2. The van der Waals surface area contributed by atoms with Crippen molar-refractivity contribution in [3.05, 3.63) is 35.4 Å². The molecule has 1 atom stereocenters. The summed E-state index contributed by atoms with van der Waals surface area (Å²) in [5, 5.41) is 8.82. The van der Waals surface area contributed by atoms with Crippen LogP contribution in [0.2, 0.25) is 0 Å². The van der Waals surface area contributed by atoms with Gasteiger partial charge in [0.05, 0.1) is 6.61 Å².